The van der Waals surface area contributed by atoms with Crippen LogP contribution in [0, 0.1) is 5.92 Å². The van der Waals surface area contributed by atoms with Gasteiger partial charge in [-0.3, -0.25) is 0 Å². The van der Waals surface area contributed by atoms with E-state index in [1.807, 2.05) is 0 Å². The van der Waals surface area contributed by atoms with Crippen LogP contribution in [0.1, 0.15) is 66.2 Å². The largest absolute Gasteiger partial charge is 0.375 e. The minimum absolute atomic E-state index is 0.233. The first-order valence-electron chi connectivity index (χ1n) is 7.96. The van der Waals surface area contributed by atoms with Crippen molar-refractivity contribution >= 4 is 0 Å². The van der Waals surface area contributed by atoms with Gasteiger partial charge in [-0.15, -0.1) is 0 Å². The molecule has 2 rings (SSSR count). The Hall–Kier alpha value is -0.340. The van der Waals surface area contributed by atoms with Gasteiger partial charge in [-0.05, 0) is 78.7 Å². The highest BCUT2D eigenvalue weighted by atomic mass is 16.5. The van der Waals surface area contributed by atoms with Crippen molar-refractivity contribution in [2.45, 2.75) is 77.4 Å². The maximum atomic E-state index is 6.01. The van der Waals surface area contributed by atoms with Crippen LogP contribution in [0.4, 0.5) is 0 Å². The van der Waals surface area contributed by atoms with Gasteiger partial charge in [0.1, 0.15) is 0 Å². The zero-order valence-electron chi connectivity index (χ0n) is 13.2. The van der Waals surface area contributed by atoms with Crippen molar-refractivity contribution in [2.24, 2.45) is 5.92 Å². The van der Waals surface area contributed by atoms with E-state index in [0.29, 0.717) is 0 Å². The number of rotatable bonds is 4. The summed E-state index contributed by atoms with van der Waals surface area (Å²) in [5, 5.41) is 3.55. The lowest BCUT2D eigenvalue weighted by atomic mass is 9.70. The van der Waals surface area contributed by atoms with Gasteiger partial charge in [0, 0.05) is 12.1 Å². The molecule has 1 N–H and O–H groups in total. The molecule has 1 heterocycles. The summed E-state index contributed by atoms with van der Waals surface area (Å²) in [6.45, 7) is 11.0. The quantitative estimate of drug-likeness (QED) is 0.611. The van der Waals surface area contributed by atoms with E-state index in [2.05, 4.69) is 39.1 Å². The number of hydrogen-bond acceptors (Lipinski definition) is 2. The lowest BCUT2D eigenvalue weighted by Crippen LogP contribution is -2.45. The molecule has 2 fully saturated rings. The van der Waals surface area contributed by atoms with Crippen LogP contribution in [0.25, 0.3) is 0 Å². The first-order chi connectivity index (χ1) is 8.90. The molecule has 1 unspecified atom stereocenters. The third kappa shape index (κ3) is 4.32. The van der Waals surface area contributed by atoms with Gasteiger partial charge in [-0.25, -0.2) is 0 Å². The van der Waals surface area contributed by atoms with Crippen LogP contribution < -0.4 is 5.32 Å². The van der Waals surface area contributed by atoms with Crippen LogP contribution >= 0.6 is 0 Å². The maximum Gasteiger partial charge on any atom is 0.0688 e. The minimum atomic E-state index is 0.233. The van der Waals surface area contributed by atoms with Crippen LogP contribution in [0.2, 0.25) is 0 Å². The van der Waals surface area contributed by atoms with E-state index in [4.69, 9.17) is 4.74 Å². The Labute approximate surface area is 119 Å². The first-order valence-corrected chi connectivity index (χ1v) is 7.96. The van der Waals surface area contributed by atoms with E-state index in [9.17, 15) is 0 Å². The summed E-state index contributed by atoms with van der Waals surface area (Å²) in [5.74, 6) is 0.767. The highest BCUT2D eigenvalue weighted by molar-refractivity contribution is 5.08. The molecule has 2 heteroatoms. The molecule has 2 aliphatic rings. The van der Waals surface area contributed by atoms with E-state index in [-0.39, 0.29) is 11.1 Å². The molecular formula is C17H31NO. The molecule has 0 bridgehead atoms. The summed E-state index contributed by atoms with van der Waals surface area (Å²) in [7, 11) is 0. The molecular weight excluding hydrogens is 234 g/mol. The zero-order valence-corrected chi connectivity index (χ0v) is 13.2. The Kier molecular flexibility index (Phi) is 4.73. The number of hydrogen-bond donors (Lipinski definition) is 1. The van der Waals surface area contributed by atoms with E-state index in [1.165, 1.54) is 32.1 Å². The fourth-order valence-corrected chi connectivity index (χ4v) is 3.25. The van der Waals surface area contributed by atoms with Crippen LogP contribution in [0.15, 0.2) is 11.6 Å². The molecule has 1 atom stereocenters. The Bertz CT molecular complexity index is 323. The topological polar surface area (TPSA) is 21.3 Å². The molecule has 1 aliphatic carbocycles. The van der Waals surface area contributed by atoms with Crippen LogP contribution in [-0.4, -0.2) is 24.3 Å². The summed E-state index contributed by atoms with van der Waals surface area (Å²) in [4.78, 5) is 0. The second kappa shape index (κ2) is 5.97. The molecule has 1 aliphatic heterocycles. The smallest absolute Gasteiger partial charge is 0.0688 e. The van der Waals surface area contributed by atoms with Gasteiger partial charge in [0.15, 0.2) is 0 Å². The molecule has 0 radical (unpaired) electrons. The second-order valence-corrected chi connectivity index (χ2v) is 7.49. The van der Waals surface area contributed by atoms with Crippen LogP contribution in [-0.2, 0) is 4.74 Å². The lowest BCUT2D eigenvalue weighted by Gasteiger charge is -2.47. The molecule has 0 aromatic carbocycles. The third-order valence-corrected chi connectivity index (χ3v) is 4.67. The van der Waals surface area contributed by atoms with Crippen molar-refractivity contribution in [3.05, 3.63) is 11.6 Å². The summed E-state index contributed by atoms with van der Waals surface area (Å²) in [6, 6.07) is 0. The summed E-state index contributed by atoms with van der Waals surface area (Å²) in [6.07, 6.45) is 10.0. The highest BCUT2D eigenvalue weighted by Gasteiger charge is 2.42. The summed E-state index contributed by atoms with van der Waals surface area (Å²) < 4.78 is 6.01. The van der Waals surface area contributed by atoms with Gasteiger partial charge in [0.05, 0.1) is 5.60 Å². The molecule has 1 saturated heterocycles. The highest BCUT2D eigenvalue weighted by Crippen LogP contribution is 2.45. The Balaban J connectivity index is 1.77. The molecule has 1 spiro atoms. The second-order valence-electron chi connectivity index (χ2n) is 7.49. The van der Waals surface area contributed by atoms with Crippen molar-refractivity contribution in [3.63, 3.8) is 0 Å². The first kappa shape index (κ1) is 15.1. The fraction of sp³-hybridized carbons (Fsp3) is 0.882. The van der Waals surface area contributed by atoms with Crippen molar-refractivity contribution in [2.75, 3.05) is 13.2 Å². The van der Waals surface area contributed by atoms with Gasteiger partial charge >= 0.3 is 0 Å². The van der Waals surface area contributed by atoms with Crippen molar-refractivity contribution in [3.8, 4) is 0 Å². The van der Waals surface area contributed by atoms with Crippen molar-refractivity contribution in [1.29, 1.82) is 0 Å². The van der Waals surface area contributed by atoms with Crippen molar-refractivity contribution in [1.82, 2.24) is 5.32 Å². The fourth-order valence-electron chi connectivity index (χ4n) is 3.25. The van der Waals surface area contributed by atoms with Crippen LogP contribution in [0.5, 0.6) is 0 Å². The normalized spacial score (nSPS) is 27.4. The molecule has 0 amide bonds. The lowest BCUT2D eigenvalue weighted by molar-refractivity contribution is -0.138. The predicted octanol–water partition coefficient (Wildman–Crippen LogP) is 4.06. The average molecular weight is 265 g/mol. The SMILES string of the molecule is CC(=CCCNC(C)(C)C)C1CCOC2(CCC2)C1. The Morgan fingerprint density at radius 2 is 2.11 bits per heavy atom. The van der Waals surface area contributed by atoms with Gasteiger partial charge in [-0.2, -0.15) is 0 Å². The van der Waals surface area contributed by atoms with E-state index >= 15 is 0 Å². The van der Waals surface area contributed by atoms with Gasteiger partial charge in [0.25, 0.3) is 0 Å². The molecule has 19 heavy (non-hydrogen) atoms. The third-order valence-electron chi connectivity index (χ3n) is 4.67. The van der Waals surface area contributed by atoms with Crippen LogP contribution in [0.3, 0.4) is 0 Å². The zero-order chi connectivity index (χ0) is 13.9. The van der Waals surface area contributed by atoms with E-state index in [0.717, 1.165) is 25.5 Å². The van der Waals surface area contributed by atoms with Gasteiger partial charge < -0.3 is 10.1 Å². The summed E-state index contributed by atoms with van der Waals surface area (Å²) >= 11 is 0. The van der Waals surface area contributed by atoms with Gasteiger partial charge in [0.2, 0.25) is 0 Å². The van der Waals surface area contributed by atoms with E-state index in [1.54, 1.807) is 5.57 Å². The molecule has 110 valence electrons. The monoisotopic (exact) mass is 265 g/mol. The number of allylic oxidation sites excluding steroid dienone is 1. The standard InChI is InChI=1S/C17H31NO/c1-14(7-5-11-18-16(2,3)4)15-8-12-19-17(13-15)9-6-10-17/h7,15,18H,5-6,8-13H2,1-4H3. The maximum absolute atomic E-state index is 6.01. The van der Waals surface area contributed by atoms with Gasteiger partial charge in [-0.1, -0.05) is 11.6 Å². The van der Waals surface area contributed by atoms with E-state index < -0.39 is 0 Å². The number of ether oxygens (including phenoxy) is 1. The Morgan fingerprint density at radius 1 is 1.37 bits per heavy atom. The van der Waals surface area contributed by atoms with Crippen molar-refractivity contribution < 1.29 is 4.74 Å². The molecule has 2 nitrogen and oxygen atoms in total. The Morgan fingerprint density at radius 3 is 2.68 bits per heavy atom. The average Bonchev–Trinajstić information content (AvgIpc) is 2.31. The molecule has 0 aromatic rings. The minimum Gasteiger partial charge on any atom is -0.375 e. The molecule has 0 aromatic heterocycles. The molecule has 1 saturated carbocycles. The summed E-state index contributed by atoms with van der Waals surface area (Å²) in [5.41, 5.74) is 2.10. The predicted molar refractivity (Wildman–Crippen MR) is 81.4 cm³/mol. The number of nitrogens with one attached hydrogen (secondary N) is 1.